The van der Waals surface area contributed by atoms with Gasteiger partial charge in [-0.3, -0.25) is 4.40 Å². The number of nitrogens with one attached hydrogen (secondary N) is 1. The minimum atomic E-state index is 0.660. The Morgan fingerprint density at radius 3 is 3.33 bits per heavy atom. The van der Waals surface area contributed by atoms with Gasteiger partial charge in [0, 0.05) is 25.5 Å². The number of aromatic nitrogens is 4. The fourth-order valence-electron chi connectivity index (χ4n) is 1.27. The first kappa shape index (κ1) is 9.85. The SMILES string of the molecule is CCOCCNc1nccn2cnnc12. The smallest absolute Gasteiger partial charge is 0.203 e. The molecule has 0 spiro atoms. The van der Waals surface area contributed by atoms with Crippen LogP contribution in [0.15, 0.2) is 18.7 Å². The minimum absolute atomic E-state index is 0.660. The number of ether oxygens (including phenoxy) is 1. The standard InChI is InChI=1S/C9H13N5O/c1-2-15-6-4-11-8-9-13-12-7-14(9)5-3-10-8/h3,5,7H,2,4,6H2,1H3,(H,10,11). The van der Waals surface area contributed by atoms with Crippen molar-refractivity contribution in [1.29, 1.82) is 0 Å². The van der Waals surface area contributed by atoms with Gasteiger partial charge in [0.25, 0.3) is 0 Å². The summed E-state index contributed by atoms with van der Waals surface area (Å²) < 4.78 is 7.03. The summed E-state index contributed by atoms with van der Waals surface area (Å²) in [4.78, 5) is 4.19. The van der Waals surface area contributed by atoms with Gasteiger partial charge >= 0.3 is 0 Å². The second-order valence-corrected chi connectivity index (χ2v) is 2.96. The number of anilines is 1. The number of fused-ring (bicyclic) bond motifs is 1. The highest BCUT2D eigenvalue weighted by Gasteiger charge is 2.02. The van der Waals surface area contributed by atoms with Crippen LogP contribution in [0.1, 0.15) is 6.92 Å². The van der Waals surface area contributed by atoms with Crippen molar-refractivity contribution < 1.29 is 4.74 Å². The van der Waals surface area contributed by atoms with E-state index in [4.69, 9.17) is 4.74 Å². The first-order valence-corrected chi connectivity index (χ1v) is 4.87. The Morgan fingerprint density at radius 1 is 1.53 bits per heavy atom. The molecule has 0 saturated heterocycles. The van der Waals surface area contributed by atoms with Crippen LogP contribution in [0.25, 0.3) is 5.65 Å². The van der Waals surface area contributed by atoms with E-state index in [2.05, 4.69) is 20.5 Å². The van der Waals surface area contributed by atoms with Crippen LogP contribution in [0.5, 0.6) is 0 Å². The van der Waals surface area contributed by atoms with E-state index in [-0.39, 0.29) is 0 Å². The summed E-state index contributed by atoms with van der Waals surface area (Å²) in [5.74, 6) is 0.731. The Labute approximate surface area is 87.3 Å². The Morgan fingerprint density at radius 2 is 2.47 bits per heavy atom. The van der Waals surface area contributed by atoms with Crippen molar-refractivity contribution in [2.24, 2.45) is 0 Å². The number of hydrogen-bond acceptors (Lipinski definition) is 5. The summed E-state index contributed by atoms with van der Waals surface area (Å²) in [6, 6.07) is 0. The summed E-state index contributed by atoms with van der Waals surface area (Å²) in [6.07, 6.45) is 5.16. The van der Waals surface area contributed by atoms with E-state index in [1.165, 1.54) is 0 Å². The summed E-state index contributed by atoms with van der Waals surface area (Å²) in [6.45, 7) is 4.07. The minimum Gasteiger partial charge on any atom is -0.380 e. The summed E-state index contributed by atoms with van der Waals surface area (Å²) in [7, 11) is 0. The molecule has 0 atom stereocenters. The van der Waals surface area contributed by atoms with Gasteiger partial charge in [0.05, 0.1) is 6.61 Å². The second kappa shape index (κ2) is 4.70. The van der Waals surface area contributed by atoms with Crippen LogP contribution < -0.4 is 5.32 Å². The van der Waals surface area contributed by atoms with Crippen LogP contribution in [0, 0.1) is 0 Å². The lowest BCUT2D eigenvalue weighted by molar-refractivity contribution is 0.158. The van der Waals surface area contributed by atoms with Gasteiger partial charge in [-0.2, -0.15) is 0 Å². The molecule has 80 valence electrons. The van der Waals surface area contributed by atoms with Crippen LogP contribution in [-0.2, 0) is 4.74 Å². The molecule has 0 fully saturated rings. The van der Waals surface area contributed by atoms with E-state index in [1.54, 1.807) is 12.5 Å². The third-order valence-electron chi connectivity index (χ3n) is 1.96. The molecule has 0 aliphatic heterocycles. The quantitative estimate of drug-likeness (QED) is 0.726. The molecule has 0 unspecified atom stereocenters. The first-order chi connectivity index (χ1) is 7.42. The lowest BCUT2D eigenvalue weighted by Gasteiger charge is -2.05. The zero-order chi connectivity index (χ0) is 10.5. The molecule has 6 heteroatoms. The molecule has 1 N–H and O–H groups in total. The van der Waals surface area contributed by atoms with Crippen molar-refractivity contribution >= 4 is 11.5 Å². The number of hydrogen-bond donors (Lipinski definition) is 1. The normalized spacial score (nSPS) is 10.7. The van der Waals surface area contributed by atoms with Gasteiger partial charge in [0.15, 0.2) is 5.82 Å². The molecule has 0 bridgehead atoms. The Balaban J connectivity index is 2.04. The van der Waals surface area contributed by atoms with Crippen LogP contribution in [0.3, 0.4) is 0 Å². The zero-order valence-corrected chi connectivity index (χ0v) is 8.55. The predicted molar refractivity (Wildman–Crippen MR) is 55.8 cm³/mol. The summed E-state index contributed by atoms with van der Waals surface area (Å²) in [5, 5.41) is 10.9. The molecular weight excluding hydrogens is 194 g/mol. The van der Waals surface area contributed by atoms with Gasteiger partial charge in [-0.25, -0.2) is 4.98 Å². The Hall–Kier alpha value is -1.69. The topological polar surface area (TPSA) is 64.3 Å². The fourth-order valence-corrected chi connectivity index (χ4v) is 1.27. The van der Waals surface area contributed by atoms with Gasteiger partial charge in [-0.15, -0.1) is 10.2 Å². The number of rotatable bonds is 5. The molecule has 2 heterocycles. The fraction of sp³-hybridized carbons (Fsp3) is 0.444. The third kappa shape index (κ3) is 2.21. The molecule has 0 radical (unpaired) electrons. The van der Waals surface area contributed by atoms with Crippen molar-refractivity contribution in [3.8, 4) is 0 Å². The monoisotopic (exact) mass is 207 g/mol. The van der Waals surface area contributed by atoms with Crippen molar-refractivity contribution in [3.63, 3.8) is 0 Å². The van der Waals surface area contributed by atoms with Crippen LogP contribution in [-0.4, -0.2) is 39.3 Å². The summed E-state index contributed by atoms with van der Waals surface area (Å²) in [5.41, 5.74) is 0.731. The van der Waals surface area contributed by atoms with Gasteiger partial charge in [-0.05, 0) is 6.92 Å². The van der Waals surface area contributed by atoms with Gasteiger partial charge in [-0.1, -0.05) is 0 Å². The van der Waals surface area contributed by atoms with Crippen molar-refractivity contribution in [1.82, 2.24) is 19.6 Å². The molecule has 0 aliphatic carbocycles. The number of nitrogens with zero attached hydrogens (tertiary/aromatic N) is 4. The maximum absolute atomic E-state index is 5.22. The van der Waals surface area contributed by atoms with Crippen molar-refractivity contribution in [3.05, 3.63) is 18.7 Å². The first-order valence-electron chi connectivity index (χ1n) is 4.87. The average Bonchev–Trinajstić information content (AvgIpc) is 2.73. The van der Waals surface area contributed by atoms with Crippen molar-refractivity contribution in [2.45, 2.75) is 6.92 Å². The highest BCUT2D eigenvalue weighted by molar-refractivity contribution is 5.61. The van der Waals surface area contributed by atoms with Crippen LogP contribution in [0.2, 0.25) is 0 Å². The van der Waals surface area contributed by atoms with Gasteiger partial charge < -0.3 is 10.1 Å². The lowest BCUT2D eigenvalue weighted by Crippen LogP contribution is -2.11. The summed E-state index contributed by atoms with van der Waals surface area (Å²) >= 11 is 0. The average molecular weight is 207 g/mol. The predicted octanol–water partition coefficient (Wildman–Crippen LogP) is 0.573. The molecule has 15 heavy (non-hydrogen) atoms. The van der Waals surface area contributed by atoms with E-state index in [1.807, 2.05) is 17.5 Å². The molecule has 0 aromatic carbocycles. The molecule has 0 aliphatic rings. The van der Waals surface area contributed by atoms with E-state index in [0.29, 0.717) is 13.2 Å². The maximum atomic E-state index is 5.22. The molecule has 6 nitrogen and oxygen atoms in total. The third-order valence-corrected chi connectivity index (χ3v) is 1.96. The molecule has 2 rings (SSSR count). The molecule has 2 aromatic heterocycles. The molecule has 0 amide bonds. The van der Waals surface area contributed by atoms with E-state index in [0.717, 1.165) is 18.1 Å². The zero-order valence-electron chi connectivity index (χ0n) is 8.55. The molecule has 0 saturated carbocycles. The molecular formula is C9H13N5O. The van der Waals surface area contributed by atoms with Crippen LogP contribution >= 0.6 is 0 Å². The largest absolute Gasteiger partial charge is 0.380 e. The van der Waals surface area contributed by atoms with Gasteiger partial charge in [0.2, 0.25) is 5.65 Å². The lowest BCUT2D eigenvalue weighted by atomic mass is 10.5. The Bertz CT molecular complexity index is 427. The van der Waals surface area contributed by atoms with Crippen LogP contribution in [0.4, 0.5) is 5.82 Å². The maximum Gasteiger partial charge on any atom is 0.203 e. The van der Waals surface area contributed by atoms with E-state index >= 15 is 0 Å². The second-order valence-electron chi connectivity index (χ2n) is 2.96. The molecule has 2 aromatic rings. The Kier molecular flexibility index (Phi) is 3.08. The highest BCUT2D eigenvalue weighted by Crippen LogP contribution is 2.08. The van der Waals surface area contributed by atoms with E-state index in [9.17, 15) is 0 Å². The van der Waals surface area contributed by atoms with Gasteiger partial charge in [0.1, 0.15) is 6.33 Å². The van der Waals surface area contributed by atoms with Crippen molar-refractivity contribution in [2.75, 3.05) is 25.1 Å². The highest BCUT2D eigenvalue weighted by atomic mass is 16.5. The van der Waals surface area contributed by atoms with E-state index < -0.39 is 0 Å².